The number of rotatable bonds is 2. The van der Waals surface area contributed by atoms with Crippen LogP contribution in [0, 0.1) is 5.82 Å². The van der Waals surface area contributed by atoms with Crippen LogP contribution in [0.25, 0.3) is 17.0 Å². The zero-order chi connectivity index (χ0) is 10.8. The summed E-state index contributed by atoms with van der Waals surface area (Å²) in [5, 5.41) is 9.27. The number of hydrogen-bond donors (Lipinski definition) is 2. The number of hydrogen-bond acceptors (Lipinski definition) is 1. The van der Waals surface area contributed by atoms with E-state index in [4.69, 9.17) is 5.11 Å². The number of aliphatic carboxylic acids is 1. The molecule has 1 aromatic heterocycles. The zero-order valence-corrected chi connectivity index (χ0v) is 7.70. The molecule has 0 atom stereocenters. The Hall–Kier alpha value is -2.10. The minimum Gasteiger partial charge on any atom is -0.478 e. The van der Waals surface area contributed by atoms with Gasteiger partial charge in [-0.15, -0.1) is 0 Å². The molecule has 0 aliphatic heterocycles. The van der Waals surface area contributed by atoms with E-state index in [2.05, 4.69) is 4.98 Å². The van der Waals surface area contributed by atoms with Crippen LogP contribution in [-0.2, 0) is 4.79 Å². The molecule has 0 saturated heterocycles. The SMILES string of the molecule is O=C(O)C=Cc1c[nH]c2cc(F)ccc12. The summed E-state index contributed by atoms with van der Waals surface area (Å²) >= 11 is 0. The largest absolute Gasteiger partial charge is 0.478 e. The molecule has 1 aromatic carbocycles. The van der Waals surface area contributed by atoms with Crippen LogP contribution in [0.2, 0.25) is 0 Å². The van der Waals surface area contributed by atoms with Crippen molar-refractivity contribution in [2.45, 2.75) is 0 Å². The lowest BCUT2D eigenvalue weighted by Gasteiger charge is -1.91. The van der Waals surface area contributed by atoms with Crippen molar-refractivity contribution in [2.75, 3.05) is 0 Å². The van der Waals surface area contributed by atoms with Crippen molar-refractivity contribution in [2.24, 2.45) is 0 Å². The van der Waals surface area contributed by atoms with Crippen LogP contribution in [0.4, 0.5) is 4.39 Å². The molecule has 0 bridgehead atoms. The summed E-state index contributed by atoms with van der Waals surface area (Å²) in [4.78, 5) is 13.2. The normalized spacial score (nSPS) is 11.3. The van der Waals surface area contributed by atoms with E-state index in [-0.39, 0.29) is 5.82 Å². The number of H-pyrrole nitrogens is 1. The smallest absolute Gasteiger partial charge is 0.328 e. The number of aromatic amines is 1. The van der Waals surface area contributed by atoms with E-state index >= 15 is 0 Å². The summed E-state index contributed by atoms with van der Waals surface area (Å²) in [7, 11) is 0. The van der Waals surface area contributed by atoms with E-state index in [1.165, 1.54) is 18.2 Å². The summed E-state index contributed by atoms with van der Waals surface area (Å²) in [6.45, 7) is 0. The Morgan fingerprint density at radius 1 is 1.47 bits per heavy atom. The van der Waals surface area contributed by atoms with Crippen LogP contribution in [-0.4, -0.2) is 16.1 Å². The van der Waals surface area contributed by atoms with Gasteiger partial charge in [0.05, 0.1) is 0 Å². The quantitative estimate of drug-likeness (QED) is 0.739. The molecule has 2 N–H and O–H groups in total. The Morgan fingerprint density at radius 3 is 3.00 bits per heavy atom. The lowest BCUT2D eigenvalue weighted by Crippen LogP contribution is -1.85. The number of halogens is 1. The third-order valence-electron chi connectivity index (χ3n) is 2.08. The number of nitrogens with one attached hydrogen (secondary N) is 1. The van der Waals surface area contributed by atoms with Crippen molar-refractivity contribution in [3.05, 3.63) is 41.9 Å². The Morgan fingerprint density at radius 2 is 2.27 bits per heavy atom. The summed E-state index contributed by atoms with van der Waals surface area (Å²) in [6.07, 6.45) is 4.16. The van der Waals surface area contributed by atoms with Gasteiger partial charge in [-0.3, -0.25) is 0 Å². The molecular weight excluding hydrogens is 197 g/mol. The highest BCUT2D eigenvalue weighted by Crippen LogP contribution is 2.20. The molecule has 1 heterocycles. The van der Waals surface area contributed by atoms with Crippen molar-refractivity contribution >= 4 is 22.9 Å². The van der Waals surface area contributed by atoms with Crippen molar-refractivity contribution in [1.82, 2.24) is 4.98 Å². The highest BCUT2D eigenvalue weighted by Gasteiger charge is 2.01. The number of carbonyl (C=O) groups is 1. The second kappa shape index (κ2) is 3.57. The molecule has 4 heteroatoms. The molecule has 2 rings (SSSR count). The first-order valence-electron chi connectivity index (χ1n) is 4.34. The first-order valence-corrected chi connectivity index (χ1v) is 4.34. The van der Waals surface area contributed by atoms with Crippen LogP contribution in [0.1, 0.15) is 5.56 Å². The van der Waals surface area contributed by atoms with Crippen LogP contribution in [0.5, 0.6) is 0 Å². The maximum absolute atomic E-state index is 12.8. The summed E-state index contributed by atoms with van der Waals surface area (Å²) < 4.78 is 12.8. The predicted octanol–water partition coefficient (Wildman–Crippen LogP) is 2.40. The monoisotopic (exact) mass is 205 g/mol. The number of carboxylic acids is 1. The van der Waals surface area contributed by atoms with Gasteiger partial charge in [0.25, 0.3) is 0 Å². The lowest BCUT2D eigenvalue weighted by atomic mass is 10.1. The Balaban J connectivity index is 2.50. The van der Waals surface area contributed by atoms with Gasteiger partial charge in [0.15, 0.2) is 0 Å². The number of fused-ring (bicyclic) bond motifs is 1. The van der Waals surface area contributed by atoms with E-state index in [0.29, 0.717) is 5.52 Å². The highest BCUT2D eigenvalue weighted by atomic mass is 19.1. The van der Waals surface area contributed by atoms with Crippen molar-refractivity contribution < 1.29 is 14.3 Å². The third-order valence-corrected chi connectivity index (χ3v) is 2.08. The second-order valence-electron chi connectivity index (χ2n) is 3.11. The number of aromatic nitrogens is 1. The summed E-state index contributed by atoms with van der Waals surface area (Å²) in [6, 6.07) is 4.32. The fraction of sp³-hybridized carbons (Fsp3) is 0. The van der Waals surface area contributed by atoms with Gasteiger partial charge in [0.2, 0.25) is 0 Å². The molecule has 0 fully saturated rings. The van der Waals surface area contributed by atoms with Crippen molar-refractivity contribution in [3.8, 4) is 0 Å². The first-order chi connectivity index (χ1) is 7.16. The first kappa shape index (κ1) is 9.45. The molecular formula is C11H8FNO2. The zero-order valence-electron chi connectivity index (χ0n) is 7.70. The van der Waals surface area contributed by atoms with Gasteiger partial charge in [-0.2, -0.15) is 0 Å². The van der Waals surface area contributed by atoms with Crippen LogP contribution < -0.4 is 0 Å². The van der Waals surface area contributed by atoms with Gasteiger partial charge >= 0.3 is 5.97 Å². The van der Waals surface area contributed by atoms with Crippen molar-refractivity contribution in [1.29, 1.82) is 0 Å². The van der Waals surface area contributed by atoms with Gasteiger partial charge in [0, 0.05) is 28.7 Å². The number of carboxylic acid groups (broad SMARTS) is 1. The van der Waals surface area contributed by atoms with Crippen molar-refractivity contribution in [3.63, 3.8) is 0 Å². The van der Waals surface area contributed by atoms with E-state index in [9.17, 15) is 9.18 Å². The Kier molecular flexibility index (Phi) is 2.25. The molecule has 0 unspecified atom stereocenters. The fourth-order valence-electron chi connectivity index (χ4n) is 1.42. The standard InChI is InChI=1S/C11H8FNO2/c12-8-2-3-9-7(1-4-11(14)15)6-13-10(9)5-8/h1-6,13H,(H,14,15). The van der Waals surface area contributed by atoms with Gasteiger partial charge < -0.3 is 10.1 Å². The third kappa shape index (κ3) is 1.88. The minimum absolute atomic E-state index is 0.321. The molecule has 3 nitrogen and oxygen atoms in total. The topological polar surface area (TPSA) is 53.1 Å². The van der Waals surface area contributed by atoms with E-state index in [1.807, 2.05) is 0 Å². The predicted molar refractivity (Wildman–Crippen MR) is 54.9 cm³/mol. The van der Waals surface area contributed by atoms with Gasteiger partial charge in [-0.1, -0.05) is 0 Å². The molecule has 0 amide bonds. The maximum Gasteiger partial charge on any atom is 0.328 e. The van der Waals surface area contributed by atoms with Gasteiger partial charge in [-0.05, 0) is 24.3 Å². The van der Waals surface area contributed by atoms with E-state index < -0.39 is 5.97 Å². The molecule has 15 heavy (non-hydrogen) atoms. The van der Waals surface area contributed by atoms with Gasteiger partial charge in [0.1, 0.15) is 5.82 Å². The average Bonchev–Trinajstić information content (AvgIpc) is 2.57. The molecule has 0 spiro atoms. The minimum atomic E-state index is -1.01. The fourth-order valence-corrected chi connectivity index (χ4v) is 1.42. The summed E-state index contributed by atoms with van der Waals surface area (Å²) in [5.74, 6) is -1.33. The Labute approximate surface area is 84.8 Å². The molecule has 0 saturated carbocycles. The molecule has 0 radical (unpaired) electrons. The second-order valence-corrected chi connectivity index (χ2v) is 3.11. The van der Waals surface area contributed by atoms with Crippen LogP contribution in [0.15, 0.2) is 30.5 Å². The molecule has 76 valence electrons. The van der Waals surface area contributed by atoms with E-state index in [0.717, 1.165) is 17.0 Å². The lowest BCUT2D eigenvalue weighted by molar-refractivity contribution is -0.131. The number of benzene rings is 1. The van der Waals surface area contributed by atoms with Crippen LogP contribution in [0.3, 0.4) is 0 Å². The molecule has 0 aliphatic carbocycles. The average molecular weight is 205 g/mol. The van der Waals surface area contributed by atoms with Crippen LogP contribution >= 0.6 is 0 Å². The van der Waals surface area contributed by atoms with Gasteiger partial charge in [-0.25, -0.2) is 9.18 Å². The molecule has 2 aromatic rings. The molecule has 0 aliphatic rings. The maximum atomic E-state index is 12.8. The summed E-state index contributed by atoms with van der Waals surface area (Å²) in [5.41, 5.74) is 1.38. The highest BCUT2D eigenvalue weighted by molar-refractivity contribution is 5.93. The Bertz CT molecular complexity index is 543. The van der Waals surface area contributed by atoms with E-state index in [1.54, 1.807) is 12.3 Å².